The summed E-state index contributed by atoms with van der Waals surface area (Å²) in [4.78, 5) is 27.5. The molecule has 0 aliphatic carbocycles. The fourth-order valence-corrected chi connectivity index (χ4v) is 4.15. The van der Waals surface area contributed by atoms with E-state index in [0.717, 1.165) is 32.5 Å². The first-order valence-corrected chi connectivity index (χ1v) is 8.75. The van der Waals surface area contributed by atoms with Gasteiger partial charge in [-0.3, -0.25) is 19.9 Å². The van der Waals surface area contributed by atoms with Crippen LogP contribution < -0.4 is 11.1 Å². The lowest BCUT2D eigenvalue weighted by atomic mass is 10.0. The van der Waals surface area contributed by atoms with Gasteiger partial charge in [0.25, 0.3) is 0 Å². The Balaban J connectivity index is 1.62. The maximum atomic E-state index is 11.9. The van der Waals surface area contributed by atoms with Crippen LogP contribution in [0.25, 0.3) is 0 Å². The molecule has 2 saturated heterocycles. The number of hydrogen-bond acceptors (Lipinski definition) is 4. The van der Waals surface area contributed by atoms with Crippen LogP contribution in [0.1, 0.15) is 31.2 Å². The normalized spacial score (nSPS) is 25.0. The Kier molecular flexibility index (Phi) is 5.48. The molecule has 130 valence electrons. The Morgan fingerprint density at radius 2 is 1.67 bits per heavy atom. The number of amides is 3. The number of rotatable bonds is 5. The van der Waals surface area contributed by atoms with Gasteiger partial charge >= 0.3 is 6.03 Å². The van der Waals surface area contributed by atoms with Gasteiger partial charge in [-0.1, -0.05) is 30.3 Å². The van der Waals surface area contributed by atoms with Crippen molar-refractivity contribution in [2.24, 2.45) is 5.73 Å². The predicted molar refractivity (Wildman–Crippen MR) is 92.2 cm³/mol. The molecule has 3 N–H and O–H groups in total. The summed E-state index contributed by atoms with van der Waals surface area (Å²) in [6.45, 7) is 3.23. The van der Waals surface area contributed by atoms with Gasteiger partial charge < -0.3 is 5.73 Å². The lowest BCUT2D eigenvalue weighted by Crippen LogP contribution is -2.49. The first-order chi connectivity index (χ1) is 11.6. The van der Waals surface area contributed by atoms with Crippen LogP contribution in [0.15, 0.2) is 30.3 Å². The average molecular weight is 330 g/mol. The Labute approximate surface area is 143 Å². The van der Waals surface area contributed by atoms with E-state index in [0.29, 0.717) is 12.1 Å². The molecule has 1 aromatic carbocycles. The van der Waals surface area contributed by atoms with E-state index in [-0.39, 0.29) is 12.5 Å². The largest absolute Gasteiger partial charge is 0.351 e. The molecule has 3 amide bonds. The van der Waals surface area contributed by atoms with Gasteiger partial charge in [-0.05, 0) is 44.3 Å². The van der Waals surface area contributed by atoms with E-state index in [1.807, 2.05) is 6.07 Å². The van der Waals surface area contributed by atoms with Crippen molar-refractivity contribution in [2.45, 2.75) is 44.3 Å². The SMILES string of the molecule is NC(=O)NC(=O)CN1CCC[C@H]1[C@@H]1CCCN1Cc1ccccc1. The number of nitrogens with two attached hydrogens (primary N) is 1. The molecule has 0 bridgehead atoms. The molecule has 0 unspecified atom stereocenters. The summed E-state index contributed by atoms with van der Waals surface area (Å²) in [5.74, 6) is -0.304. The standard InChI is InChI=1S/C18H26N4O2/c19-18(24)20-17(23)13-22-11-5-9-16(22)15-8-4-10-21(15)12-14-6-2-1-3-7-14/h1-3,6-7,15-16H,4-5,8-13H2,(H3,19,20,23,24)/t15-,16-/m0/s1. The Morgan fingerprint density at radius 1 is 1.04 bits per heavy atom. The number of hydrogen-bond donors (Lipinski definition) is 2. The average Bonchev–Trinajstić information content (AvgIpc) is 3.16. The topological polar surface area (TPSA) is 78.7 Å². The van der Waals surface area contributed by atoms with E-state index in [1.165, 1.54) is 18.4 Å². The molecule has 6 heteroatoms. The zero-order valence-corrected chi connectivity index (χ0v) is 14.0. The van der Waals surface area contributed by atoms with Crippen LogP contribution in [-0.2, 0) is 11.3 Å². The summed E-state index contributed by atoms with van der Waals surface area (Å²) in [6, 6.07) is 10.6. The van der Waals surface area contributed by atoms with Gasteiger partial charge in [0, 0.05) is 18.6 Å². The van der Waals surface area contributed by atoms with Crippen LogP contribution >= 0.6 is 0 Å². The fraction of sp³-hybridized carbons (Fsp3) is 0.556. The van der Waals surface area contributed by atoms with Crippen molar-refractivity contribution in [1.29, 1.82) is 0 Å². The second-order valence-electron chi connectivity index (χ2n) is 6.76. The third-order valence-electron chi connectivity index (χ3n) is 5.11. The third kappa shape index (κ3) is 4.13. The maximum Gasteiger partial charge on any atom is 0.318 e. The molecule has 0 saturated carbocycles. The molecule has 24 heavy (non-hydrogen) atoms. The zero-order valence-electron chi connectivity index (χ0n) is 14.0. The highest BCUT2D eigenvalue weighted by molar-refractivity contribution is 5.94. The van der Waals surface area contributed by atoms with Crippen LogP contribution in [0.5, 0.6) is 0 Å². The molecule has 0 radical (unpaired) electrons. The number of benzene rings is 1. The molecular formula is C18H26N4O2. The molecule has 2 atom stereocenters. The summed E-state index contributed by atoms with van der Waals surface area (Å²) in [5.41, 5.74) is 6.37. The highest BCUT2D eigenvalue weighted by Gasteiger charge is 2.38. The second kappa shape index (κ2) is 7.77. The van der Waals surface area contributed by atoms with Crippen molar-refractivity contribution in [1.82, 2.24) is 15.1 Å². The van der Waals surface area contributed by atoms with E-state index < -0.39 is 6.03 Å². The Bertz CT molecular complexity index is 578. The summed E-state index contributed by atoms with van der Waals surface area (Å²) >= 11 is 0. The van der Waals surface area contributed by atoms with Gasteiger partial charge in [0.2, 0.25) is 5.91 Å². The number of urea groups is 1. The minimum atomic E-state index is -0.776. The number of nitrogens with one attached hydrogen (secondary N) is 1. The lowest BCUT2D eigenvalue weighted by Gasteiger charge is -2.34. The quantitative estimate of drug-likeness (QED) is 0.853. The van der Waals surface area contributed by atoms with Gasteiger partial charge in [-0.25, -0.2) is 4.79 Å². The van der Waals surface area contributed by atoms with E-state index >= 15 is 0 Å². The molecule has 2 aliphatic rings. The van der Waals surface area contributed by atoms with Gasteiger partial charge in [0.05, 0.1) is 6.54 Å². The smallest absolute Gasteiger partial charge is 0.318 e. The number of nitrogens with zero attached hydrogens (tertiary/aromatic N) is 2. The van der Waals surface area contributed by atoms with E-state index in [1.54, 1.807) is 0 Å². The first kappa shape index (κ1) is 16.9. The van der Waals surface area contributed by atoms with Gasteiger partial charge in [-0.2, -0.15) is 0 Å². The molecule has 0 aromatic heterocycles. The van der Waals surface area contributed by atoms with Crippen molar-refractivity contribution in [3.05, 3.63) is 35.9 Å². The predicted octanol–water partition coefficient (Wildman–Crippen LogP) is 1.31. The first-order valence-electron chi connectivity index (χ1n) is 8.75. The zero-order chi connectivity index (χ0) is 16.9. The molecule has 6 nitrogen and oxygen atoms in total. The van der Waals surface area contributed by atoms with E-state index in [2.05, 4.69) is 39.4 Å². The summed E-state index contributed by atoms with van der Waals surface area (Å²) < 4.78 is 0. The van der Waals surface area contributed by atoms with Crippen molar-refractivity contribution in [2.75, 3.05) is 19.6 Å². The van der Waals surface area contributed by atoms with Crippen molar-refractivity contribution in [3.63, 3.8) is 0 Å². The molecule has 0 spiro atoms. The number of carbonyl (C=O) groups is 2. The molecule has 3 rings (SSSR count). The second-order valence-corrected chi connectivity index (χ2v) is 6.76. The molecule has 2 heterocycles. The Morgan fingerprint density at radius 3 is 2.33 bits per heavy atom. The molecule has 1 aromatic rings. The van der Waals surface area contributed by atoms with Gasteiger partial charge in [0.1, 0.15) is 0 Å². The highest BCUT2D eigenvalue weighted by Crippen LogP contribution is 2.30. The summed E-state index contributed by atoms with van der Waals surface area (Å²) in [7, 11) is 0. The summed E-state index contributed by atoms with van der Waals surface area (Å²) in [6.07, 6.45) is 4.59. The van der Waals surface area contributed by atoms with E-state index in [4.69, 9.17) is 5.73 Å². The van der Waals surface area contributed by atoms with Crippen LogP contribution in [0.3, 0.4) is 0 Å². The highest BCUT2D eigenvalue weighted by atomic mass is 16.2. The van der Waals surface area contributed by atoms with Gasteiger partial charge in [-0.15, -0.1) is 0 Å². The van der Waals surface area contributed by atoms with Crippen LogP contribution in [0.2, 0.25) is 0 Å². The van der Waals surface area contributed by atoms with Crippen molar-refractivity contribution >= 4 is 11.9 Å². The minimum Gasteiger partial charge on any atom is -0.351 e. The fourth-order valence-electron chi connectivity index (χ4n) is 4.15. The molecular weight excluding hydrogens is 304 g/mol. The number of primary amides is 1. The number of imide groups is 1. The minimum absolute atomic E-state index is 0.253. The molecule has 2 fully saturated rings. The lowest BCUT2D eigenvalue weighted by molar-refractivity contribution is -0.121. The van der Waals surface area contributed by atoms with Crippen molar-refractivity contribution < 1.29 is 9.59 Å². The van der Waals surface area contributed by atoms with Crippen LogP contribution in [0.4, 0.5) is 4.79 Å². The maximum absolute atomic E-state index is 11.9. The van der Waals surface area contributed by atoms with E-state index in [9.17, 15) is 9.59 Å². The third-order valence-corrected chi connectivity index (χ3v) is 5.11. The monoisotopic (exact) mass is 330 g/mol. The van der Waals surface area contributed by atoms with Crippen LogP contribution in [0, 0.1) is 0 Å². The molecule has 2 aliphatic heterocycles. The number of likely N-dealkylation sites (tertiary alicyclic amines) is 2. The summed E-state index contributed by atoms with van der Waals surface area (Å²) in [5, 5.41) is 2.18. The van der Waals surface area contributed by atoms with Crippen molar-refractivity contribution in [3.8, 4) is 0 Å². The van der Waals surface area contributed by atoms with Crippen LogP contribution in [-0.4, -0.2) is 53.5 Å². The number of carbonyl (C=O) groups excluding carboxylic acids is 2. The Hall–Kier alpha value is -1.92. The van der Waals surface area contributed by atoms with Gasteiger partial charge in [0.15, 0.2) is 0 Å².